The van der Waals surface area contributed by atoms with Gasteiger partial charge in [-0.15, -0.1) is 0 Å². The largest absolute Gasteiger partial charge is 0.325 e. The summed E-state index contributed by atoms with van der Waals surface area (Å²) in [6.45, 7) is 6.24. The first kappa shape index (κ1) is 26.2. The van der Waals surface area contributed by atoms with Crippen LogP contribution in [0, 0.1) is 17.3 Å². The first-order valence-electron chi connectivity index (χ1n) is 14.7. The normalized spacial score (nSPS) is 35.1. The van der Waals surface area contributed by atoms with Gasteiger partial charge in [-0.2, -0.15) is 0 Å². The summed E-state index contributed by atoms with van der Waals surface area (Å²) in [4.78, 5) is 30.3. The molecule has 2 N–H and O–H groups in total. The zero-order chi connectivity index (χ0) is 26.7. The molecule has 1 aromatic rings. The van der Waals surface area contributed by atoms with Crippen molar-refractivity contribution in [2.45, 2.75) is 101 Å². The fourth-order valence-corrected chi connectivity index (χ4v) is 8.34. The van der Waals surface area contributed by atoms with Crippen LogP contribution in [-0.2, 0) is 4.79 Å². The van der Waals surface area contributed by atoms with E-state index in [1.807, 2.05) is 19.9 Å². The van der Waals surface area contributed by atoms with Gasteiger partial charge in [-0.1, -0.05) is 44.2 Å². The standard InChI is InChI=1S/C30H42F2N4O2/c1-20(2)18-36-26(37)29(34-27(36)38)16-25-28(19-29)12-10-24(28)35(25)15-11-23(22-6-4-3-5-7-22)33-17-21-8-13-30(31,32)14-9-21/h3-7,20-21,23-25,33H,8-19H2,1-2H3,(H,34,38). The summed E-state index contributed by atoms with van der Waals surface area (Å²) in [7, 11) is 0. The number of amides is 3. The van der Waals surface area contributed by atoms with Crippen molar-refractivity contribution in [3.63, 3.8) is 0 Å². The van der Waals surface area contributed by atoms with Crippen molar-refractivity contribution in [1.82, 2.24) is 20.4 Å². The Labute approximate surface area is 224 Å². The maximum atomic E-state index is 13.6. The van der Waals surface area contributed by atoms with Crippen LogP contribution >= 0.6 is 0 Å². The van der Waals surface area contributed by atoms with Gasteiger partial charge in [0.05, 0.1) is 0 Å². The number of piperidine rings is 1. The van der Waals surface area contributed by atoms with Crippen LogP contribution in [0.15, 0.2) is 30.3 Å². The summed E-state index contributed by atoms with van der Waals surface area (Å²) in [5.41, 5.74) is 0.670. The molecule has 0 aromatic heterocycles. The third kappa shape index (κ3) is 4.36. The van der Waals surface area contributed by atoms with E-state index >= 15 is 0 Å². The summed E-state index contributed by atoms with van der Waals surface area (Å²) in [5, 5.41) is 6.87. The van der Waals surface area contributed by atoms with Crippen LogP contribution in [0.25, 0.3) is 0 Å². The molecule has 38 heavy (non-hydrogen) atoms. The molecular formula is C30H42F2N4O2. The van der Waals surface area contributed by atoms with Crippen LogP contribution in [0.5, 0.6) is 0 Å². The summed E-state index contributed by atoms with van der Waals surface area (Å²) < 4.78 is 27.3. The molecule has 3 aliphatic carbocycles. The summed E-state index contributed by atoms with van der Waals surface area (Å²) in [5.74, 6) is -1.97. The van der Waals surface area contributed by atoms with Crippen molar-refractivity contribution in [3.8, 4) is 0 Å². The third-order valence-electron chi connectivity index (χ3n) is 10.3. The number of alkyl halides is 2. The topological polar surface area (TPSA) is 64.7 Å². The van der Waals surface area contributed by atoms with Crippen LogP contribution in [0.2, 0.25) is 0 Å². The monoisotopic (exact) mass is 528 g/mol. The Kier molecular flexibility index (Phi) is 6.57. The van der Waals surface area contributed by atoms with Crippen molar-refractivity contribution in [3.05, 3.63) is 35.9 Å². The average molecular weight is 529 g/mol. The van der Waals surface area contributed by atoms with Crippen molar-refractivity contribution in [2.75, 3.05) is 19.6 Å². The van der Waals surface area contributed by atoms with Crippen molar-refractivity contribution < 1.29 is 18.4 Å². The molecule has 8 heteroatoms. The maximum Gasteiger partial charge on any atom is 0.325 e. The van der Waals surface area contributed by atoms with Crippen LogP contribution in [0.1, 0.15) is 83.2 Å². The number of urea groups is 1. The first-order chi connectivity index (χ1) is 18.1. The number of carbonyl (C=O) groups excluding carboxylic acids is 2. The molecule has 2 heterocycles. The zero-order valence-corrected chi connectivity index (χ0v) is 22.7. The number of imide groups is 1. The number of nitrogens with one attached hydrogen (secondary N) is 2. The van der Waals surface area contributed by atoms with Crippen LogP contribution in [0.4, 0.5) is 13.6 Å². The summed E-state index contributed by atoms with van der Waals surface area (Å²) >= 11 is 0. The van der Waals surface area contributed by atoms with Gasteiger partial charge in [-0.25, -0.2) is 13.6 Å². The third-order valence-corrected chi connectivity index (χ3v) is 10.3. The molecule has 3 saturated carbocycles. The smallest absolute Gasteiger partial charge is 0.323 e. The molecule has 5 atom stereocenters. The number of halogens is 2. The van der Waals surface area contributed by atoms with E-state index in [0.717, 1.165) is 38.8 Å². The number of benzene rings is 1. The Hall–Kier alpha value is -2.06. The minimum Gasteiger partial charge on any atom is -0.323 e. The second kappa shape index (κ2) is 9.54. The molecule has 5 aliphatic rings. The molecule has 1 aromatic carbocycles. The molecule has 0 bridgehead atoms. The molecule has 3 amide bonds. The second-order valence-corrected chi connectivity index (χ2v) is 13.2. The van der Waals surface area contributed by atoms with Crippen molar-refractivity contribution in [1.29, 1.82) is 0 Å². The van der Waals surface area contributed by atoms with Gasteiger partial charge in [-0.05, 0) is 68.9 Å². The number of carbonyl (C=O) groups is 2. The molecule has 6 nitrogen and oxygen atoms in total. The Morgan fingerprint density at radius 3 is 2.45 bits per heavy atom. The highest BCUT2D eigenvalue weighted by Crippen LogP contribution is 2.68. The molecule has 5 unspecified atom stereocenters. The van der Waals surface area contributed by atoms with E-state index in [-0.39, 0.29) is 42.2 Å². The quantitative estimate of drug-likeness (QED) is 0.438. The number of likely N-dealkylation sites (tertiary alicyclic amines) is 1. The maximum absolute atomic E-state index is 13.6. The van der Waals surface area contributed by atoms with E-state index in [1.54, 1.807) is 0 Å². The highest BCUT2D eigenvalue weighted by molar-refractivity contribution is 6.07. The van der Waals surface area contributed by atoms with Gasteiger partial charge in [0, 0.05) is 49.5 Å². The van der Waals surface area contributed by atoms with Crippen LogP contribution in [0.3, 0.4) is 0 Å². The Morgan fingerprint density at radius 1 is 1.05 bits per heavy atom. The molecule has 0 radical (unpaired) electrons. The van der Waals surface area contributed by atoms with E-state index in [2.05, 4.69) is 39.8 Å². The predicted octanol–water partition coefficient (Wildman–Crippen LogP) is 5.11. The lowest BCUT2D eigenvalue weighted by atomic mass is 9.53. The minimum absolute atomic E-state index is 0.000175. The van der Waals surface area contributed by atoms with Crippen LogP contribution in [-0.4, -0.2) is 64.9 Å². The highest BCUT2D eigenvalue weighted by atomic mass is 19.3. The lowest BCUT2D eigenvalue weighted by Crippen LogP contribution is -2.74. The van der Waals surface area contributed by atoms with Crippen molar-refractivity contribution in [2.24, 2.45) is 17.3 Å². The van der Waals surface area contributed by atoms with Gasteiger partial charge in [-0.3, -0.25) is 14.6 Å². The second-order valence-electron chi connectivity index (χ2n) is 13.2. The van der Waals surface area contributed by atoms with Gasteiger partial charge in [0.2, 0.25) is 5.92 Å². The fraction of sp³-hybridized carbons (Fsp3) is 0.733. The molecule has 2 aliphatic heterocycles. The SMILES string of the molecule is CC(C)CN1C(=O)NC2(CC3N(CCC(NCC4CCC(F)(F)CC4)c4ccccc4)C4CCC43C2)C1=O. The minimum atomic E-state index is -2.49. The Balaban J connectivity index is 1.11. The van der Waals surface area contributed by atoms with Crippen LogP contribution < -0.4 is 10.6 Å². The van der Waals surface area contributed by atoms with E-state index in [0.29, 0.717) is 43.8 Å². The van der Waals surface area contributed by atoms with E-state index in [4.69, 9.17) is 0 Å². The molecule has 208 valence electrons. The van der Waals surface area contributed by atoms with E-state index in [9.17, 15) is 18.4 Å². The van der Waals surface area contributed by atoms with Gasteiger partial charge in [0.15, 0.2) is 0 Å². The lowest BCUT2D eigenvalue weighted by Gasteiger charge is -2.68. The Bertz CT molecular complexity index is 1060. The first-order valence-corrected chi connectivity index (χ1v) is 14.7. The number of hydrogen-bond donors (Lipinski definition) is 2. The fourth-order valence-electron chi connectivity index (χ4n) is 8.34. The van der Waals surface area contributed by atoms with Crippen molar-refractivity contribution >= 4 is 11.9 Å². The Morgan fingerprint density at radius 2 is 1.79 bits per heavy atom. The van der Waals surface area contributed by atoms with E-state index < -0.39 is 11.5 Å². The van der Waals surface area contributed by atoms with E-state index in [1.165, 1.54) is 10.5 Å². The van der Waals surface area contributed by atoms with Gasteiger partial charge < -0.3 is 10.6 Å². The van der Waals surface area contributed by atoms with Gasteiger partial charge in [0.25, 0.3) is 5.91 Å². The zero-order valence-electron chi connectivity index (χ0n) is 22.7. The molecule has 5 fully saturated rings. The number of rotatable bonds is 9. The molecular weight excluding hydrogens is 486 g/mol. The molecule has 2 saturated heterocycles. The number of nitrogens with zero attached hydrogens (tertiary/aromatic N) is 2. The lowest BCUT2D eigenvalue weighted by molar-refractivity contribution is -0.189. The molecule has 2 spiro atoms. The summed E-state index contributed by atoms with van der Waals surface area (Å²) in [6.07, 6.45) is 5.87. The van der Waals surface area contributed by atoms with Gasteiger partial charge >= 0.3 is 6.03 Å². The number of hydrogen-bond acceptors (Lipinski definition) is 4. The predicted molar refractivity (Wildman–Crippen MR) is 142 cm³/mol. The van der Waals surface area contributed by atoms with Gasteiger partial charge in [0.1, 0.15) is 5.54 Å². The highest BCUT2D eigenvalue weighted by Gasteiger charge is 2.75. The molecule has 6 rings (SSSR count). The average Bonchev–Trinajstić information content (AvgIpc) is 3.32. The summed E-state index contributed by atoms with van der Waals surface area (Å²) in [6, 6.07) is 11.2.